The summed E-state index contributed by atoms with van der Waals surface area (Å²) in [6.45, 7) is 4.04. The molecule has 0 aromatic carbocycles. The molecule has 2 heterocycles. The van der Waals surface area contributed by atoms with E-state index in [1.807, 2.05) is 0 Å². The first-order valence-corrected chi connectivity index (χ1v) is 17.7. The van der Waals surface area contributed by atoms with Crippen LogP contribution < -0.4 is 0 Å². The van der Waals surface area contributed by atoms with Crippen LogP contribution in [-0.2, 0) is 14.3 Å². The zero-order chi connectivity index (χ0) is 31.5. The minimum absolute atomic E-state index is 0.0716. The molecule has 0 unspecified atom stereocenters. The lowest BCUT2D eigenvalue weighted by molar-refractivity contribution is -0.139. The highest BCUT2D eigenvalue weighted by Gasteiger charge is 2.31. The Balaban J connectivity index is 1.46. The van der Waals surface area contributed by atoms with Gasteiger partial charge in [-0.05, 0) is 83.6 Å². The van der Waals surface area contributed by atoms with Crippen LogP contribution in [0.4, 0.5) is 0 Å². The maximum atomic E-state index is 11.7. The minimum atomic E-state index is -0.812. The maximum absolute atomic E-state index is 11.7. The van der Waals surface area contributed by atoms with Crippen LogP contribution in [0.15, 0.2) is 11.6 Å². The Bertz CT molecular complexity index is 758. The van der Waals surface area contributed by atoms with E-state index in [4.69, 9.17) is 9.47 Å². The van der Waals surface area contributed by atoms with Crippen molar-refractivity contribution in [2.75, 3.05) is 0 Å². The molecule has 0 aromatic heterocycles. The normalized spacial score (nSPS) is 24.0. The largest absolute Gasteiger partial charge is 0.455 e. The van der Waals surface area contributed by atoms with Crippen LogP contribution in [0.3, 0.4) is 0 Å². The van der Waals surface area contributed by atoms with E-state index < -0.39 is 30.5 Å². The fourth-order valence-electron chi connectivity index (χ4n) is 6.43. The van der Waals surface area contributed by atoms with Crippen molar-refractivity contribution in [1.29, 1.82) is 0 Å². The summed E-state index contributed by atoms with van der Waals surface area (Å²) in [5.41, 5.74) is 0.536. The third kappa shape index (κ3) is 16.7. The number of esters is 1. The Morgan fingerprint density at radius 1 is 0.721 bits per heavy atom. The van der Waals surface area contributed by atoms with Crippen LogP contribution in [0.25, 0.3) is 0 Å². The maximum Gasteiger partial charge on any atom is 0.334 e. The molecule has 0 amide bonds. The smallest absolute Gasteiger partial charge is 0.334 e. The number of hydrogen-bond acceptors (Lipinski definition) is 8. The quantitative estimate of drug-likeness (QED) is 0.0590. The molecule has 2 aliphatic heterocycles. The summed E-state index contributed by atoms with van der Waals surface area (Å²) in [5, 5.41) is 51.9. The number of unbranched alkanes of at least 4 members (excludes halogenated alkanes) is 9. The molecule has 8 atom stereocenters. The number of ether oxygens (including phenoxy) is 2. The number of carbonyl (C=O) groups excluding carboxylic acids is 1. The lowest BCUT2D eigenvalue weighted by Crippen LogP contribution is -2.31. The zero-order valence-electron chi connectivity index (χ0n) is 27.2. The Morgan fingerprint density at radius 3 is 1.98 bits per heavy atom. The molecule has 0 spiro atoms. The van der Waals surface area contributed by atoms with E-state index in [-0.39, 0.29) is 24.3 Å². The molecule has 0 aromatic rings. The summed E-state index contributed by atoms with van der Waals surface area (Å²) < 4.78 is 11.1. The molecule has 0 bridgehead atoms. The average molecular weight is 613 g/mol. The number of aliphatic hydroxyl groups is 5. The van der Waals surface area contributed by atoms with E-state index in [0.717, 1.165) is 38.5 Å². The Kier molecular flexibility index (Phi) is 19.9. The molecule has 2 rings (SSSR count). The lowest BCUT2D eigenvalue weighted by Gasteiger charge is -2.23. The molecule has 8 nitrogen and oxygen atoms in total. The highest BCUT2D eigenvalue weighted by Crippen LogP contribution is 2.28. The van der Waals surface area contributed by atoms with Crippen molar-refractivity contribution < 1.29 is 39.8 Å². The molecule has 252 valence electrons. The van der Waals surface area contributed by atoms with Crippen LogP contribution >= 0.6 is 0 Å². The van der Waals surface area contributed by atoms with Gasteiger partial charge < -0.3 is 35.0 Å². The minimum Gasteiger partial charge on any atom is -0.455 e. The monoisotopic (exact) mass is 612 g/mol. The standard InChI is InChI=1S/C35H64O8/c1-3-4-5-6-7-8-9-10-11-12-19-31(38)32(39)21-22-33(40)34-23-20-30(43-34)18-14-16-28(36)15-13-17-29(37)25-27-24-26(2)42-35(27)41/h24,26,28-34,36-40H,3-23,25H2,1-2H3/t26-,28+,29-,30+,31-,32+,33-,34+/m0/s1. The highest BCUT2D eigenvalue weighted by molar-refractivity contribution is 5.90. The van der Waals surface area contributed by atoms with Crippen molar-refractivity contribution in [1.82, 2.24) is 0 Å². The summed E-state index contributed by atoms with van der Waals surface area (Å²) in [5.74, 6) is -0.346. The lowest BCUT2D eigenvalue weighted by atomic mass is 9.97. The molecule has 0 saturated carbocycles. The van der Waals surface area contributed by atoms with Gasteiger partial charge in [-0.2, -0.15) is 0 Å². The fraction of sp³-hybridized carbons (Fsp3) is 0.914. The van der Waals surface area contributed by atoms with E-state index >= 15 is 0 Å². The third-order valence-corrected chi connectivity index (χ3v) is 9.21. The average Bonchev–Trinajstić information content (AvgIpc) is 3.57. The van der Waals surface area contributed by atoms with Gasteiger partial charge in [-0.25, -0.2) is 4.79 Å². The van der Waals surface area contributed by atoms with Crippen molar-refractivity contribution in [2.24, 2.45) is 0 Å². The Labute approximate surface area is 261 Å². The first-order valence-electron chi connectivity index (χ1n) is 17.7. The molecule has 43 heavy (non-hydrogen) atoms. The highest BCUT2D eigenvalue weighted by atomic mass is 16.5. The second-order valence-electron chi connectivity index (χ2n) is 13.3. The molecule has 5 N–H and O–H groups in total. The molecule has 0 aliphatic carbocycles. The van der Waals surface area contributed by atoms with E-state index in [9.17, 15) is 30.3 Å². The molecular formula is C35H64O8. The van der Waals surface area contributed by atoms with Gasteiger partial charge in [-0.15, -0.1) is 0 Å². The van der Waals surface area contributed by atoms with Crippen LogP contribution in [0.1, 0.15) is 155 Å². The summed E-state index contributed by atoms with van der Waals surface area (Å²) >= 11 is 0. The van der Waals surface area contributed by atoms with Crippen LogP contribution in [0.2, 0.25) is 0 Å². The van der Waals surface area contributed by atoms with Gasteiger partial charge in [0.05, 0.1) is 42.7 Å². The van der Waals surface area contributed by atoms with Gasteiger partial charge in [0.1, 0.15) is 6.10 Å². The first kappa shape index (κ1) is 38.2. The van der Waals surface area contributed by atoms with Gasteiger partial charge in [0.2, 0.25) is 0 Å². The van der Waals surface area contributed by atoms with Crippen molar-refractivity contribution in [3.05, 3.63) is 11.6 Å². The summed E-state index contributed by atoms with van der Waals surface area (Å²) in [4.78, 5) is 11.7. The number of carbonyl (C=O) groups is 1. The summed E-state index contributed by atoms with van der Waals surface area (Å²) in [6.07, 6.45) is 18.0. The predicted molar refractivity (Wildman–Crippen MR) is 170 cm³/mol. The van der Waals surface area contributed by atoms with E-state index in [2.05, 4.69) is 6.92 Å². The number of rotatable bonds is 26. The molecule has 1 saturated heterocycles. The predicted octanol–water partition coefficient (Wildman–Crippen LogP) is 6.03. The zero-order valence-corrected chi connectivity index (χ0v) is 27.2. The number of hydrogen-bond donors (Lipinski definition) is 5. The van der Waals surface area contributed by atoms with Crippen molar-refractivity contribution in [3.8, 4) is 0 Å². The Morgan fingerprint density at radius 2 is 1.33 bits per heavy atom. The number of aliphatic hydroxyl groups excluding tert-OH is 5. The molecule has 0 radical (unpaired) electrons. The van der Waals surface area contributed by atoms with E-state index in [1.54, 1.807) is 13.0 Å². The van der Waals surface area contributed by atoms with Crippen LogP contribution in [0.5, 0.6) is 0 Å². The van der Waals surface area contributed by atoms with Gasteiger partial charge in [-0.3, -0.25) is 0 Å². The van der Waals surface area contributed by atoms with Crippen LogP contribution in [0, 0.1) is 0 Å². The van der Waals surface area contributed by atoms with Crippen molar-refractivity contribution in [2.45, 2.75) is 204 Å². The molecule has 2 aliphatic rings. The SMILES string of the molecule is CCCCCCCCCCCC[C@H](O)[C@H](O)CC[C@H](O)[C@H]1CC[C@@H](CCC[C@H](O)CCC[C@H](O)CC2=C[C@H](C)OC2=O)O1. The number of cyclic esters (lactones) is 1. The Hall–Kier alpha value is -1.03. The summed E-state index contributed by atoms with van der Waals surface area (Å²) in [6, 6.07) is 0. The molecule has 8 heteroatoms. The van der Waals surface area contributed by atoms with E-state index in [0.29, 0.717) is 56.9 Å². The second-order valence-corrected chi connectivity index (χ2v) is 13.3. The van der Waals surface area contributed by atoms with Crippen molar-refractivity contribution in [3.63, 3.8) is 0 Å². The fourth-order valence-corrected chi connectivity index (χ4v) is 6.43. The topological polar surface area (TPSA) is 137 Å². The second kappa shape index (κ2) is 22.5. The van der Waals surface area contributed by atoms with E-state index in [1.165, 1.54) is 51.4 Å². The van der Waals surface area contributed by atoms with Gasteiger partial charge in [0, 0.05) is 12.0 Å². The first-order chi connectivity index (χ1) is 20.7. The van der Waals surface area contributed by atoms with Gasteiger partial charge in [0.25, 0.3) is 0 Å². The van der Waals surface area contributed by atoms with Crippen LogP contribution in [-0.4, -0.2) is 80.3 Å². The van der Waals surface area contributed by atoms with Crippen molar-refractivity contribution >= 4 is 5.97 Å². The molecular weight excluding hydrogens is 548 g/mol. The third-order valence-electron chi connectivity index (χ3n) is 9.21. The summed E-state index contributed by atoms with van der Waals surface area (Å²) in [7, 11) is 0. The molecule has 1 fully saturated rings. The van der Waals surface area contributed by atoms with Gasteiger partial charge >= 0.3 is 5.97 Å². The van der Waals surface area contributed by atoms with Gasteiger partial charge in [-0.1, -0.05) is 71.1 Å². The van der Waals surface area contributed by atoms with Gasteiger partial charge in [0.15, 0.2) is 0 Å².